The molecular formula is C20H17ClN2O4S. The van der Waals surface area contributed by atoms with Crippen molar-refractivity contribution in [1.29, 1.82) is 0 Å². The van der Waals surface area contributed by atoms with Gasteiger partial charge in [0.15, 0.2) is 0 Å². The largest absolute Gasteiger partial charge is 0.465 e. The van der Waals surface area contributed by atoms with Crippen LogP contribution in [0, 0.1) is 0 Å². The number of ether oxygens (including phenoxy) is 1. The molecule has 3 aromatic rings. The number of para-hydroxylation sites is 1. The second-order valence-electron chi connectivity index (χ2n) is 5.81. The number of esters is 1. The zero-order valence-corrected chi connectivity index (χ0v) is 16.5. The van der Waals surface area contributed by atoms with Gasteiger partial charge in [0.25, 0.3) is 10.0 Å². The van der Waals surface area contributed by atoms with E-state index in [0.717, 1.165) is 4.31 Å². The second kappa shape index (κ2) is 8.41. The fraction of sp³-hybridized carbons (Fsp3) is 0.100. The van der Waals surface area contributed by atoms with Crippen molar-refractivity contribution in [3.63, 3.8) is 0 Å². The third kappa shape index (κ3) is 4.00. The van der Waals surface area contributed by atoms with Gasteiger partial charge < -0.3 is 4.74 Å². The van der Waals surface area contributed by atoms with Gasteiger partial charge in [0.1, 0.15) is 4.90 Å². The van der Waals surface area contributed by atoms with Crippen LogP contribution < -0.4 is 4.31 Å². The molecule has 0 N–H and O–H groups in total. The molecule has 0 fully saturated rings. The number of benzene rings is 2. The Morgan fingerprint density at radius 1 is 1.07 bits per heavy atom. The van der Waals surface area contributed by atoms with Crippen LogP contribution in [0.2, 0.25) is 5.02 Å². The molecule has 0 amide bonds. The zero-order valence-electron chi connectivity index (χ0n) is 14.9. The molecule has 0 unspecified atom stereocenters. The molecule has 0 aliphatic carbocycles. The van der Waals surface area contributed by atoms with Gasteiger partial charge in [-0.25, -0.2) is 13.2 Å². The summed E-state index contributed by atoms with van der Waals surface area (Å²) in [6.45, 7) is -0.00455. The van der Waals surface area contributed by atoms with Crippen LogP contribution in [0.15, 0.2) is 78.0 Å². The Morgan fingerprint density at radius 2 is 1.79 bits per heavy atom. The molecule has 0 radical (unpaired) electrons. The van der Waals surface area contributed by atoms with Crippen molar-refractivity contribution in [2.45, 2.75) is 11.4 Å². The number of halogens is 1. The maximum Gasteiger partial charge on any atom is 0.339 e. The molecule has 8 heteroatoms. The minimum atomic E-state index is -4.14. The number of pyridine rings is 1. The number of methoxy groups -OCH3 is 1. The van der Waals surface area contributed by atoms with Crippen molar-refractivity contribution in [3.8, 4) is 0 Å². The number of rotatable bonds is 6. The van der Waals surface area contributed by atoms with Crippen LogP contribution in [-0.2, 0) is 21.3 Å². The number of anilines is 1. The molecule has 0 aliphatic heterocycles. The Kier molecular flexibility index (Phi) is 5.96. The highest BCUT2D eigenvalue weighted by Gasteiger charge is 2.31. The molecule has 1 heterocycles. The van der Waals surface area contributed by atoms with E-state index in [0.29, 0.717) is 11.3 Å². The Bertz CT molecular complexity index is 1090. The molecule has 0 bridgehead atoms. The van der Waals surface area contributed by atoms with Gasteiger partial charge in [0.2, 0.25) is 0 Å². The first kappa shape index (κ1) is 19.9. The first-order valence-corrected chi connectivity index (χ1v) is 10.1. The van der Waals surface area contributed by atoms with Crippen molar-refractivity contribution >= 4 is 33.3 Å². The van der Waals surface area contributed by atoms with Crippen LogP contribution in [0.3, 0.4) is 0 Å². The minimum Gasteiger partial charge on any atom is -0.465 e. The van der Waals surface area contributed by atoms with Gasteiger partial charge >= 0.3 is 5.97 Å². The summed E-state index contributed by atoms with van der Waals surface area (Å²) >= 11 is 6.29. The number of nitrogens with zero attached hydrogens (tertiary/aromatic N) is 2. The topological polar surface area (TPSA) is 76.6 Å². The lowest BCUT2D eigenvalue weighted by Gasteiger charge is -2.26. The van der Waals surface area contributed by atoms with Gasteiger partial charge in [0.05, 0.1) is 29.9 Å². The molecule has 3 rings (SSSR count). The Hall–Kier alpha value is -2.90. The maximum atomic E-state index is 13.6. The van der Waals surface area contributed by atoms with Gasteiger partial charge in [0, 0.05) is 12.4 Å². The normalized spacial score (nSPS) is 11.1. The maximum absolute atomic E-state index is 13.6. The van der Waals surface area contributed by atoms with Gasteiger partial charge in [-0.2, -0.15) is 0 Å². The third-order valence-corrected chi connectivity index (χ3v) is 6.17. The average Bonchev–Trinajstić information content (AvgIpc) is 2.72. The number of sulfonamides is 1. The summed E-state index contributed by atoms with van der Waals surface area (Å²) in [6.07, 6.45) is 3.18. The molecule has 2 aromatic carbocycles. The summed E-state index contributed by atoms with van der Waals surface area (Å²) < 4.78 is 33.0. The monoisotopic (exact) mass is 416 g/mol. The predicted molar refractivity (Wildman–Crippen MR) is 107 cm³/mol. The van der Waals surface area contributed by atoms with Crippen LogP contribution in [-0.4, -0.2) is 26.5 Å². The Labute approximate surface area is 168 Å². The van der Waals surface area contributed by atoms with E-state index in [2.05, 4.69) is 4.98 Å². The fourth-order valence-corrected chi connectivity index (χ4v) is 4.64. The molecule has 1 aromatic heterocycles. The van der Waals surface area contributed by atoms with E-state index >= 15 is 0 Å². The first-order valence-electron chi connectivity index (χ1n) is 8.28. The number of hydrogen-bond donors (Lipinski definition) is 0. The molecule has 144 valence electrons. The molecule has 6 nitrogen and oxygen atoms in total. The second-order valence-corrected chi connectivity index (χ2v) is 8.05. The van der Waals surface area contributed by atoms with Crippen molar-refractivity contribution < 1.29 is 17.9 Å². The van der Waals surface area contributed by atoms with E-state index in [-0.39, 0.29) is 22.0 Å². The lowest BCUT2D eigenvalue weighted by Crippen LogP contribution is -2.32. The molecule has 28 heavy (non-hydrogen) atoms. The first-order chi connectivity index (χ1) is 13.4. The Balaban J connectivity index is 2.18. The highest BCUT2D eigenvalue weighted by molar-refractivity contribution is 7.92. The summed E-state index contributed by atoms with van der Waals surface area (Å²) in [5.41, 5.74) is 0.919. The number of carbonyl (C=O) groups is 1. The standard InChI is InChI=1S/C20H17ClN2O4S/c1-27-20(24)16-8-2-5-11-19(16)28(25,26)23(14-15-7-6-12-22-13-15)18-10-4-3-9-17(18)21/h2-13H,14H2,1H3. The Morgan fingerprint density at radius 3 is 2.46 bits per heavy atom. The summed E-state index contributed by atoms with van der Waals surface area (Å²) in [4.78, 5) is 16.0. The molecule has 0 saturated carbocycles. The van der Waals surface area contributed by atoms with E-state index in [1.807, 2.05) is 0 Å². The smallest absolute Gasteiger partial charge is 0.339 e. The SMILES string of the molecule is COC(=O)c1ccccc1S(=O)(=O)N(Cc1cccnc1)c1ccccc1Cl. The molecular weight excluding hydrogens is 400 g/mol. The number of aromatic nitrogens is 1. The molecule has 0 saturated heterocycles. The predicted octanol–water partition coefficient (Wildman–Crippen LogP) is 3.92. The summed E-state index contributed by atoms with van der Waals surface area (Å²) in [7, 11) is -2.94. The summed E-state index contributed by atoms with van der Waals surface area (Å²) in [5.74, 6) is -0.736. The molecule has 0 atom stereocenters. The number of hydrogen-bond acceptors (Lipinski definition) is 5. The van der Waals surface area contributed by atoms with Crippen LogP contribution in [0.4, 0.5) is 5.69 Å². The van der Waals surface area contributed by atoms with Crippen molar-refractivity contribution in [2.75, 3.05) is 11.4 Å². The lowest BCUT2D eigenvalue weighted by molar-refractivity contribution is 0.0596. The highest BCUT2D eigenvalue weighted by Crippen LogP contribution is 2.33. The number of carbonyl (C=O) groups excluding carboxylic acids is 1. The third-order valence-electron chi connectivity index (χ3n) is 4.03. The van der Waals surface area contributed by atoms with Gasteiger partial charge in [-0.15, -0.1) is 0 Å². The fourth-order valence-electron chi connectivity index (χ4n) is 2.70. The van der Waals surface area contributed by atoms with Crippen molar-refractivity contribution in [3.05, 3.63) is 89.2 Å². The van der Waals surface area contributed by atoms with E-state index in [1.165, 1.54) is 19.2 Å². The van der Waals surface area contributed by atoms with Gasteiger partial charge in [-0.1, -0.05) is 41.9 Å². The van der Waals surface area contributed by atoms with Gasteiger partial charge in [-0.3, -0.25) is 9.29 Å². The summed E-state index contributed by atoms with van der Waals surface area (Å²) in [5, 5.41) is 0.269. The van der Waals surface area contributed by atoms with Crippen LogP contribution in [0.25, 0.3) is 0 Å². The van der Waals surface area contributed by atoms with E-state index in [4.69, 9.17) is 16.3 Å². The van der Waals surface area contributed by atoms with E-state index in [1.54, 1.807) is 60.9 Å². The quantitative estimate of drug-likeness (QED) is 0.569. The zero-order chi connectivity index (χ0) is 20.1. The van der Waals surface area contributed by atoms with Crippen LogP contribution in [0.1, 0.15) is 15.9 Å². The van der Waals surface area contributed by atoms with Gasteiger partial charge in [-0.05, 0) is 35.9 Å². The summed E-state index contributed by atoms with van der Waals surface area (Å²) in [6, 6.07) is 16.0. The van der Waals surface area contributed by atoms with E-state index < -0.39 is 16.0 Å². The van der Waals surface area contributed by atoms with Crippen molar-refractivity contribution in [1.82, 2.24) is 4.98 Å². The van der Waals surface area contributed by atoms with E-state index in [9.17, 15) is 13.2 Å². The lowest BCUT2D eigenvalue weighted by atomic mass is 10.2. The minimum absolute atomic E-state index is 0.00455. The van der Waals surface area contributed by atoms with Crippen LogP contribution in [0.5, 0.6) is 0 Å². The molecule has 0 spiro atoms. The highest BCUT2D eigenvalue weighted by atomic mass is 35.5. The molecule has 0 aliphatic rings. The average molecular weight is 417 g/mol. The van der Waals surface area contributed by atoms with Crippen molar-refractivity contribution in [2.24, 2.45) is 0 Å². The van der Waals surface area contributed by atoms with Crippen LogP contribution >= 0.6 is 11.6 Å².